The molecule has 11 aromatic rings. The van der Waals surface area contributed by atoms with Crippen molar-refractivity contribution in [2.24, 2.45) is 0 Å². The van der Waals surface area contributed by atoms with Crippen LogP contribution in [0.1, 0.15) is 51.4 Å². The van der Waals surface area contributed by atoms with E-state index in [0.717, 1.165) is 22.6 Å². The van der Waals surface area contributed by atoms with Gasteiger partial charge in [-0.05, 0) is 142 Å². The van der Waals surface area contributed by atoms with E-state index in [2.05, 4.69) is 291 Å². The molecule has 11 aromatic carbocycles. The van der Waals surface area contributed by atoms with Crippen LogP contribution in [0, 0.1) is 0 Å². The van der Waals surface area contributed by atoms with Crippen LogP contribution in [0.3, 0.4) is 0 Å². The summed E-state index contributed by atoms with van der Waals surface area (Å²) in [5.41, 5.74) is 20.1. The van der Waals surface area contributed by atoms with Crippen molar-refractivity contribution in [3.05, 3.63) is 324 Å². The fourth-order valence-electron chi connectivity index (χ4n) is 13.5. The largest absolute Gasteiger partial charge is 0.310 e. The average molecular weight is 946 g/mol. The fraction of sp³-hybridized carbons (Fsp3) is 0.0423. The Morgan fingerprint density at radius 3 is 1.36 bits per heavy atom. The standard InChI is InChI=1S/C71H51NSi/c1-3-49-44-55(46-57(45-49)73(56-30-14-7-15-31-56)68-38-22-18-34-62(68)63-35-19-23-39-69(63)73)72(53-40-42-60-58-32-16-20-36-64(58)70(2,66(60)47-53)50-24-8-4-9-25-50)54-41-43-61-59-33-17-21-37-65(59)71(67(61)48-54,51-26-10-5-11-27-51)52-28-12-6-13-29-52/h3-48H,1H2,2H3. The fourth-order valence-corrected chi connectivity index (χ4v) is 18.8. The molecule has 1 nitrogen and oxygen atoms in total. The molecule has 1 atom stereocenters. The Kier molecular flexibility index (Phi) is 9.80. The molecule has 73 heavy (non-hydrogen) atoms. The molecular weight excluding hydrogens is 895 g/mol. The Balaban J connectivity index is 1.08. The molecule has 0 bridgehead atoms. The Bertz CT molecular complexity index is 3870. The summed E-state index contributed by atoms with van der Waals surface area (Å²) in [6, 6.07) is 103. The Hall–Kier alpha value is -8.82. The number of anilines is 3. The Morgan fingerprint density at radius 2 is 0.781 bits per heavy atom. The lowest BCUT2D eigenvalue weighted by atomic mass is 9.67. The van der Waals surface area contributed by atoms with E-state index in [0.29, 0.717) is 0 Å². The summed E-state index contributed by atoms with van der Waals surface area (Å²) in [6.07, 6.45) is 2.05. The normalized spacial score (nSPS) is 15.8. The van der Waals surface area contributed by atoms with E-state index >= 15 is 0 Å². The van der Waals surface area contributed by atoms with Crippen LogP contribution in [0.15, 0.2) is 280 Å². The number of benzene rings is 11. The van der Waals surface area contributed by atoms with Crippen LogP contribution in [0.5, 0.6) is 0 Å². The van der Waals surface area contributed by atoms with Crippen molar-refractivity contribution in [2.75, 3.05) is 4.90 Å². The zero-order valence-electron chi connectivity index (χ0n) is 40.7. The molecule has 3 aliphatic rings. The molecule has 1 aliphatic heterocycles. The van der Waals surface area contributed by atoms with Gasteiger partial charge in [-0.2, -0.15) is 0 Å². The van der Waals surface area contributed by atoms with Gasteiger partial charge >= 0.3 is 0 Å². The first-order valence-corrected chi connectivity index (χ1v) is 27.5. The zero-order valence-corrected chi connectivity index (χ0v) is 41.7. The first-order chi connectivity index (χ1) is 36.0. The maximum absolute atomic E-state index is 4.50. The third-order valence-electron chi connectivity index (χ3n) is 16.6. The summed E-state index contributed by atoms with van der Waals surface area (Å²) in [7, 11) is -2.93. The average Bonchev–Trinajstić information content (AvgIpc) is 4.04. The Morgan fingerprint density at radius 1 is 0.342 bits per heavy atom. The highest BCUT2D eigenvalue weighted by molar-refractivity contribution is 7.22. The second-order valence-electron chi connectivity index (χ2n) is 20.1. The number of rotatable bonds is 9. The SMILES string of the molecule is C=Cc1cc(N(c2ccc3c(c2)C(C)(c2ccccc2)c2ccccc2-3)c2ccc3c(c2)C(c2ccccc2)(c2ccccc2)c2ccccc2-3)cc([Si]2(c3ccccc3)c3ccccc3-c3ccccc32)c1. The lowest BCUT2D eigenvalue weighted by Gasteiger charge is -2.36. The highest BCUT2D eigenvalue weighted by atomic mass is 28.3. The molecule has 1 heterocycles. The van der Waals surface area contributed by atoms with Gasteiger partial charge in [0.15, 0.2) is 8.07 Å². The van der Waals surface area contributed by atoms with Gasteiger partial charge in [0.05, 0.1) is 5.41 Å². The third kappa shape index (κ3) is 6.08. The molecule has 0 amide bonds. The molecule has 2 heteroatoms. The molecule has 14 rings (SSSR count). The minimum Gasteiger partial charge on any atom is -0.310 e. The van der Waals surface area contributed by atoms with E-state index in [9.17, 15) is 0 Å². The summed E-state index contributed by atoms with van der Waals surface area (Å²) in [5.74, 6) is 0. The van der Waals surface area contributed by atoms with Gasteiger partial charge in [0.25, 0.3) is 0 Å². The molecule has 0 fully saturated rings. The summed E-state index contributed by atoms with van der Waals surface area (Å²) in [4.78, 5) is 2.55. The van der Waals surface area contributed by atoms with Crippen molar-refractivity contribution in [2.45, 2.75) is 17.8 Å². The van der Waals surface area contributed by atoms with E-state index in [1.54, 1.807) is 0 Å². The van der Waals surface area contributed by atoms with Gasteiger partial charge in [-0.15, -0.1) is 0 Å². The van der Waals surface area contributed by atoms with Crippen molar-refractivity contribution < 1.29 is 0 Å². The van der Waals surface area contributed by atoms with Crippen molar-refractivity contribution in [3.63, 3.8) is 0 Å². The van der Waals surface area contributed by atoms with Crippen molar-refractivity contribution >= 4 is 52.0 Å². The van der Waals surface area contributed by atoms with Gasteiger partial charge in [-0.25, -0.2) is 0 Å². The predicted molar refractivity (Wildman–Crippen MR) is 309 cm³/mol. The molecule has 0 N–H and O–H groups in total. The zero-order chi connectivity index (χ0) is 48.7. The van der Waals surface area contributed by atoms with Gasteiger partial charge in [0.2, 0.25) is 0 Å². The van der Waals surface area contributed by atoms with E-state index in [1.165, 1.54) is 93.1 Å². The first kappa shape index (κ1) is 43.0. The third-order valence-corrected chi connectivity index (χ3v) is 21.5. The van der Waals surface area contributed by atoms with Crippen LogP contribution in [-0.2, 0) is 10.8 Å². The van der Waals surface area contributed by atoms with Crippen LogP contribution in [0.25, 0.3) is 39.5 Å². The molecular formula is C71H51NSi. The maximum atomic E-state index is 4.50. The van der Waals surface area contributed by atoms with Crippen molar-refractivity contribution in [3.8, 4) is 33.4 Å². The van der Waals surface area contributed by atoms with Crippen molar-refractivity contribution in [1.82, 2.24) is 0 Å². The van der Waals surface area contributed by atoms with Gasteiger partial charge in [-0.3, -0.25) is 0 Å². The van der Waals surface area contributed by atoms with Gasteiger partial charge in [0.1, 0.15) is 0 Å². The van der Waals surface area contributed by atoms with Crippen LogP contribution in [-0.4, -0.2) is 8.07 Å². The van der Waals surface area contributed by atoms with Gasteiger partial charge in [0, 0.05) is 22.5 Å². The second-order valence-corrected chi connectivity index (χ2v) is 23.8. The maximum Gasteiger partial charge on any atom is 0.180 e. The first-order valence-electron chi connectivity index (χ1n) is 25.5. The highest BCUT2D eigenvalue weighted by Crippen LogP contribution is 2.58. The Labute approximate surface area is 429 Å². The monoisotopic (exact) mass is 945 g/mol. The smallest absolute Gasteiger partial charge is 0.180 e. The lowest BCUT2D eigenvalue weighted by molar-refractivity contribution is 0.714. The van der Waals surface area contributed by atoms with E-state index in [4.69, 9.17) is 0 Å². The van der Waals surface area contributed by atoms with Crippen molar-refractivity contribution in [1.29, 1.82) is 0 Å². The molecule has 0 saturated carbocycles. The molecule has 1 unspecified atom stereocenters. The van der Waals surface area contributed by atoms with Crippen LogP contribution in [0.2, 0.25) is 0 Å². The quantitative estimate of drug-likeness (QED) is 0.130. The van der Waals surface area contributed by atoms with Gasteiger partial charge in [-0.1, -0.05) is 249 Å². The highest BCUT2D eigenvalue weighted by Gasteiger charge is 2.50. The topological polar surface area (TPSA) is 3.24 Å². The summed E-state index contributed by atoms with van der Waals surface area (Å²) in [5, 5.41) is 5.53. The number of fused-ring (bicyclic) bond motifs is 9. The minimum atomic E-state index is -2.93. The van der Waals surface area contributed by atoms with Gasteiger partial charge < -0.3 is 4.90 Å². The van der Waals surface area contributed by atoms with E-state index < -0.39 is 13.5 Å². The summed E-state index contributed by atoms with van der Waals surface area (Å²) >= 11 is 0. The van der Waals surface area contributed by atoms with E-state index in [-0.39, 0.29) is 5.41 Å². The minimum absolute atomic E-state index is 0.389. The molecule has 0 radical (unpaired) electrons. The predicted octanol–water partition coefficient (Wildman–Crippen LogP) is 14.9. The summed E-state index contributed by atoms with van der Waals surface area (Å²) in [6.45, 7) is 6.92. The summed E-state index contributed by atoms with van der Waals surface area (Å²) < 4.78 is 0. The number of hydrogen-bond acceptors (Lipinski definition) is 1. The lowest BCUT2D eigenvalue weighted by Crippen LogP contribution is -2.72. The molecule has 0 saturated heterocycles. The number of nitrogens with zero attached hydrogens (tertiary/aromatic N) is 1. The van der Waals surface area contributed by atoms with Crippen LogP contribution >= 0.6 is 0 Å². The molecule has 344 valence electrons. The van der Waals surface area contributed by atoms with Crippen LogP contribution in [0.4, 0.5) is 17.1 Å². The molecule has 2 aliphatic carbocycles. The molecule has 0 spiro atoms. The van der Waals surface area contributed by atoms with Crippen LogP contribution < -0.4 is 25.6 Å². The van der Waals surface area contributed by atoms with E-state index in [1.807, 2.05) is 6.08 Å². The number of hydrogen-bond donors (Lipinski definition) is 0. The second kappa shape index (κ2) is 16.6. The molecule has 0 aromatic heterocycles.